The lowest BCUT2D eigenvalue weighted by atomic mass is 10.2. The molecular formula is C13H11ClN2O4S. The maximum Gasteiger partial charge on any atom is 0.335 e. The third kappa shape index (κ3) is 3.32. The van der Waals surface area contributed by atoms with E-state index in [1.807, 2.05) is 0 Å². The van der Waals surface area contributed by atoms with Gasteiger partial charge < -0.3 is 5.11 Å². The number of aromatic carboxylic acids is 1. The van der Waals surface area contributed by atoms with E-state index in [0.717, 1.165) is 6.07 Å². The highest BCUT2D eigenvalue weighted by Crippen LogP contribution is 2.25. The molecule has 0 aliphatic carbocycles. The number of aryl methyl sites for hydroxylation is 1. The number of carboxylic acid groups (broad SMARTS) is 1. The minimum atomic E-state index is -4.00. The van der Waals surface area contributed by atoms with Crippen molar-refractivity contribution in [3.63, 3.8) is 0 Å². The summed E-state index contributed by atoms with van der Waals surface area (Å²) in [7, 11) is -4.00. The number of aromatic nitrogens is 1. The van der Waals surface area contributed by atoms with E-state index in [-0.39, 0.29) is 15.5 Å². The van der Waals surface area contributed by atoms with E-state index in [1.54, 1.807) is 6.92 Å². The number of sulfonamides is 1. The zero-order valence-electron chi connectivity index (χ0n) is 10.9. The summed E-state index contributed by atoms with van der Waals surface area (Å²) in [5.41, 5.74) is 0.819. The van der Waals surface area contributed by atoms with Crippen molar-refractivity contribution in [1.29, 1.82) is 0 Å². The number of halogens is 1. The van der Waals surface area contributed by atoms with E-state index in [1.165, 1.54) is 30.6 Å². The Kier molecular flexibility index (Phi) is 4.15. The normalized spacial score (nSPS) is 11.1. The molecule has 0 fully saturated rings. The SMILES string of the molecule is Cc1cnccc1NS(=O)(=O)c1cc(C(=O)O)ccc1Cl. The number of hydrogen-bond acceptors (Lipinski definition) is 4. The summed E-state index contributed by atoms with van der Waals surface area (Å²) in [4.78, 5) is 14.5. The number of nitrogens with zero attached hydrogens (tertiary/aromatic N) is 1. The predicted octanol–water partition coefficient (Wildman–Crippen LogP) is 2.54. The van der Waals surface area contributed by atoms with Crippen LogP contribution in [0.5, 0.6) is 0 Å². The fourth-order valence-electron chi connectivity index (χ4n) is 1.63. The number of anilines is 1. The number of rotatable bonds is 4. The predicted molar refractivity (Wildman–Crippen MR) is 78.2 cm³/mol. The highest BCUT2D eigenvalue weighted by molar-refractivity contribution is 7.92. The molecule has 0 aliphatic heterocycles. The lowest BCUT2D eigenvalue weighted by molar-refractivity contribution is 0.0696. The van der Waals surface area contributed by atoms with Gasteiger partial charge in [-0.25, -0.2) is 13.2 Å². The molecule has 1 aromatic heterocycles. The molecule has 2 N–H and O–H groups in total. The van der Waals surface area contributed by atoms with E-state index in [4.69, 9.17) is 16.7 Å². The van der Waals surface area contributed by atoms with Crippen molar-refractivity contribution >= 4 is 33.3 Å². The minimum Gasteiger partial charge on any atom is -0.478 e. The Bertz CT molecular complexity index is 806. The van der Waals surface area contributed by atoms with Crippen LogP contribution >= 0.6 is 11.6 Å². The number of carboxylic acids is 1. The number of nitrogens with one attached hydrogen (secondary N) is 1. The molecule has 0 bridgehead atoms. The van der Waals surface area contributed by atoms with Gasteiger partial charge in [0.05, 0.1) is 16.3 Å². The Morgan fingerprint density at radius 2 is 2.05 bits per heavy atom. The van der Waals surface area contributed by atoms with Crippen LogP contribution in [0.1, 0.15) is 15.9 Å². The first-order valence-corrected chi connectivity index (χ1v) is 7.63. The molecule has 2 aromatic rings. The highest BCUT2D eigenvalue weighted by Gasteiger charge is 2.20. The molecule has 0 saturated carbocycles. The quantitative estimate of drug-likeness (QED) is 0.900. The molecule has 0 unspecified atom stereocenters. The second-order valence-electron chi connectivity index (χ2n) is 4.25. The second-order valence-corrected chi connectivity index (χ2v) is 6.30. The fraction of sp³-hybridized carbons (Fsp3) is 0.0769. The first-order chi connectivity index (χ1) is 9.81. The van der Waals surface area contributed by atoms with Crippen LogP contribution in [0.15, 0.2) is 41.6 Å². The molecule has 0 spiro atoms. The van der Waals surface area contributed by atoms with Crippen LogP contribution in [-0.2, 0) is 10.0 Å². The standard InChI is InChI=1S/C13H11ClN2O4S/c1-8-7-15-5-4-11(8)16-21(19,20)12-6-9(13(17)18)2-3-10(12)14/h2-7H,1H3,(H,15,16)(H,17,18). The Labute approximate surface area is 126 Å². The monoisotopic (exact) mass is 326 g/mol. The van der Waals surface area contributed by atoms with Crippen LogP contribution < -0.4 is 4.72 Å². The van der Waals surface area contributed by atoms with Gasteiger partial charge in [0.2, 0.25) is 0 Å². The summed E-state index contributed by atoms with van der Waals surface area (Å²) < 4.78 is 27.0. The van der Waals surface area contributed by atoms with Gasteiger partial charge in [0, 0.05) is 12.4 Å². The summed E-state index contributed by atoms with van der Waals surface area (Å²) in [6.45, 7) is 1.69. The van der Waals surface area contributed by atoms with Gasteiger partial charge in [-0.2, -0.15) is 0 Å². The van der Waals surface area contributed by atoms with Gasteiger partial charge in [-0.15, -0.1) is 0 Å². The maximum absolute atomic E-state index is 12.3. The lowest BCUT2D eigenvalue weighted by Gasteiger charge is -2.11. The highest BCUT2D eigenvalue weighted by atomic mass is 35.5. The average molecular weight is 327 g/mol. The zero-order valence-corrected chi connectivity index (χ0v) is 12.4. The van der Waals surface area contributed by atoms with Crippen molar-refractivity contribution in [2.75, 3.05) is 4.72 Å². The van der Waals surface area contributed by atoms with E-state index in [0.29, 0.717) is 11.3 Å². The zero-order chi connectivity index (χ0) is 15.6. The summed E-state index contributed by atoms with van der Waals surface area (Å²) in [6.07, 6.45) is 2.95. The number of carbonyl (C=O) groups is 1. The van der Waals surface area contributed by atoms with Crippen molar-refractivity contribution in [1.82, 2.24) is 4.98 Å². The van der Waals surface area contributed by atoms with Crippen molar-refractivity contribution < 1.29 is 18.3 Å². The van der Waals surface area contributed by atoms with Crippen molar-refractivity contribution in [2.24, 2.45) is 0 Å². The second kappa shape index (κ2) is 5.71. The van der Waals surface area contributed by atoms with E-state index in [9.17, 15) is 13.2 Å². The smallest absolute Gasteiger partial charge is 0.335 e. The van der Waals surface area contributed by atoms with E-state index < -0.39 is 16.0 Å². The molecule has 0 amide bonds. The maximum atomic E-state index is 12.3. The molecule has 0 atom stereocenters. The van der Waals surface area contributed by atoms with Gasteiger partial charge in [0.25, 0.3) is 10.0 Å². The summed E-state index contributed by atoms with van der Waals surface area (Å²) >= 11 is 5.87. The summed E-state index contributed by atoms with van der Waals surface area (Å²) in [6, 6.07) is 4.99. The van der Waals surface area contributed by atoms with Crippen LogP contribution in [0, 0.1) is 6.92 Å². The number of hydrogen-bond donors (Lipinski definition) is 2. The van der Waals surface area contributed by atoms with Crippen LogP contribution in [-0.4, -0.2) is 24.5 Å². The molecule has 0 saturated heterocycles. The largest absolute Gasteiger partial charge is 0.478 e. The van der Waals surface area contributed by atoms with Gasteiger partial charge in [-0.1, -0.05) is 11.6 Å². The minimum absolute atomic E-state index is 0.0563. The molecule has 1 heterocycles. The van der Waals surface area contributed by atoms with E-state index in [2.05, 4.69) is 9.71 Å². The number of pyridine rings is 1. The summed E-state index contributed by atoms with van der Waals surface area (Å²) in [5, 5.41) is 8.88. The molecule has 0 aliphatic rings. The molecule has 1 aromatic carbocycles. The fourth-order valence-corrected chi connectivity index (χ4v) is 3.29. The van der Waals surface area contributed by atoms with Crippen LogP contribution in [0.3, 0.4) is 0 Å². The Hall–Kier alpha value is -2.12. The van der Waals surface area contributed by atoms with Crippen LogP contribution in [0.25, 0.3) is 0 Å². The van der Waals surface area contributed by atoms with Crippen molar-refractivity contribution in [2.45, 2.75) is 11.8 Å². The third-order valence-corrected chi connectivity index (χ3v) is 4.58. The van der Waals surface area contributed by atoms with Gasteiger partial charge in [0.15, 0.2) is 0 Å². The van der Waals surface area contributed by atoms with Crippen LogP contribution in [0.4, 0.5) is 5.69 Å². The first-order valence-electron chi connectivity index (χ1n) is 5.77. The molecule has 8 heteroatoms. The van der Waals surface area contributed by atoms with Gasteiger partial charge in [-0.3, -0.25) is 9.71 Å². The van der Waals surface area contributed by atoms with Gasteiger partial charge in [0.1, 0.15) is 4.90 Å². The van der Waals surface area contributed by atoms with E-state index >= 15 is 0 Å². The third-order valence-electron chi connectivity index (χ3n) is 2.73. The molecule has 2 rings (SSSR count). The molecule has 21 heavy (non-hydrogen) atoms. The molecular weight excluding hydrogens is 316 g/mol. The average Bonchev–Trinajstić information content (AvgIpc) is 2.41. The Balaban J connectivity index is 2.47. The molecule has 6 nitrogen and oxygen atoms in total. The van der Waals surface area contributed by atoms with Gasteiger partial charge in [-0.05, 0) is 36.8 Å². The summed E-state index contributed by atoms with van der Waals surface area (Å²) in [5.74, 6) is -1.23. The Morgan fingerprint density at radius 1 is 1.33 bits per heavy atom. The molecule has 0 radical (unpaired) electrons. The van der Waals surface area contributed by atoms with Crippen molar-refractivity contribution in [3.8, 4) is 0 Å². The topological polar surface area (TPSA) is 96.4 Å². The van der Waals surface area contributed by atoms with Crippen LogP contribution in [0.2, 0.25) is 5.02 Å². The van der Waals surface area contributed by atoms with Crippen molar-refractivity contribution in [3.05, 3.63) is 52.8 Å². The Morgan fingerprint density at radius 3 is 2.67 bits per heavy atom. The molecule has 110 valence electrons. The first kappa shape index (κ1) is 15.3. The van der Waals surface area contributed by atoms with Gasteiger partial charge >= 0.3 is 5.97 Å². The number of benzene rings is 1. The lowest BCUT2D eigenvalue weighted by Crippen LogP contribution is -2.15.